The molecule has 19 heavy (non-hydrogen) atoms. The Labute approximate surface area is 110 Å². The summed E-state index contributed by atoms with van der Waals surface area (Å²) in [5.74, 6) is -0.595. The molecule has 2 rings (SSSR count). The van der Waals surface area contributed by atoms with Crippen LogP contribution >= 0.6 is 0 Å². The minimum absolute atomic E-state index is 0.0501. The third-order valence-corrected chi connectivity index (χ3v) is 2.79. The van der Waals surface area contributed by atoms with Crippen LogP contribution in [0.2, 0.25) is 0 Å². The fourth-order valence-electron chi connectivity index (χ4n) is 1.69. The summed E-state index contributed by atoms with van der Waals surface area (Å²) in [6.45, 7) is 1.92. The molecule has 4 heteroatoms. The molecule has 0 spiro atoms. The molecule has 2 aromatic rings. The highest BCUT2D eigenvalue weighted by molar-refractivity contribution is 5.30. The van der Waals surface area contributed by atoms with Crippen LogP contribution in [0.3, 0.4) is 0 Å². The molecule has 0 heterocycles. The van der Waals surface area contributed by atoms with Gasteiger partial charge in [0.2, 0.25) is 0 Å². The lowest BCUT2D eigenvalue weighted by molar-refractivity contribution is 0.299. The van der Waals surface area contributed by atoms with Crippen LogP contribution in [0.15, 0.2) is 42.5 Å². The minimum atomic E-state index is -0.608. The van der Waals surface area contributed by atoms with E-state index in [2.05, 4.69) is 0 Å². The number of nitrogens with two attached hydrogens (primary N) is 1. The molecule has 0 saturated heterocycles. The molecule has 0 aliphatic rings. The summed E-state index contributed by atoms with van der Waals surface area (Å²) < 4.78 is 31.7. The topological polar surface area (TPSA) is 35.2 Å². The van der Waals surface area contributed by atoms with E-state index in [4.69, 9.17) is 10.5 Å². The smallest absolute Gasteiger partial charge is 0.132 e. The zero-order valence-electron chi connectivity index (χ0n) is 10.6. The van der Waals surface area contributed by atoms with Gasteiger partial charge in [-0.2, -0.15) is 0 Å². The Morgan fingerprint density at radius 3 is 2.63 bits per heavy atom. The Hall–Kier alpha value is -1.94. The number of halogens is 2. The van der Waals surface area contributed by atoms with E-state index in [-0.39, 0.29) is 12.6 Å². The Bertz CT molecular complexity index is 570. The Morgan fingerprint density at radius 1 is 1.16 bits per heavy atom. The van der Waals surface area contributed by atoms with Gasteiger partial charge in [-0.05, 0) is 36.8 Å². The average Bonchev–Trinajstić information content (AvgIpc) is 2.38. The first-order valence-corrected chi connectivity index (χ1v) is 5.98. The Morgan fingerprint density at radius 2 is 1.95 bits per heavy atom. The number of ether oxygens (including phenoxy) is 1. The van der Waals surface area contributed by atoms with Crippen molar-refractivity contribution in [1.29, 1.82) is 0 Å². The normalized spacial score (nSPS) is 12.2. The highest BCUT2D eigenvalue weighted by atomic mass is 19.1. The molecule has 2 aromatic carbocycles. The lowest BCUT2D eigenvalue weighted by Gasteiger charge is -2.10. The van der Waals surface area contributed by atoms with E-state index in [9.17, 15) is 8.78 Å². The van der Waals surface area contributed by atoms with Gasteiger partial charge in [-0.15, -0.1) is 0 Å². The van der Waals surface area contributed by atoms with Gasteiger partial charge < -0.3 is 10.5 Å². The van der Waals surface area contributed by atoms with Crippen molar-refractivity contribution < 1.29 is 13.5 Å². The van der Waals surface area contributed by atoms with Gasteiger partial charge in [0, 0.05) is 17.7 Å². The van der Waals surface area contributed by atoms with Crippen LogP contribution in [0, 0.1) is 11.6 Å². The summed E-state index contributed by atoms with van der Waals surface area (Å²) in [7, 11) is 0. The van der Waals surface area contributed by atoms with Crippen LogP contribution in [-0.2, 0) is 6.61 Å². The Balaban J connectivity index is 2.08. The standard InChI is InChI=1S/C15H15F2NO/c1-10(18)11-3-2-4-14(7-11)19-9-12-5-6-13(16)8-15(12)17/h2-8,10H,9,18H2,1H3/t10-/m0/s1. The van der Waals surface area contributed by atoms with E-state index < -0.39 is 11.6 Å². The van der Waals surface area contributed by atoms with Crippen molar-refractivity contribution >= 4 is 0 Å². The first-order valence-electron chi connectivity index (χ1n) is 5.98. The van der Waals surface area contributed by atoms with Crippen LogP contribution in [-0.4, -0.2) is 0 Å². The molecule has 0 unspecified atom stereocenters. The summed E-state index contributed by atoms with van der Waals surface area (Å²) in [6, 6.07) is 10.6. The maximum atomic E-state index is 13.4. The number of hydrogen-bond acceptors (Lipinski definition) is 2. The van der Waals surface area contributed by atoms with E-state index in [0.717, 1.165) is 11.6 Å². The third-order valence-electron chi connectivity index (χ3n) is 2.79. The van der Waals surface area contributed by atoms with Gasteiger partial charge in [0.25, 0.3) is 0 Å². The Kier molecular flexibility index (Phi) is 4.12. The van der Waals surface area contributed by atoms with E-state index in [0.29, 0.717) is 11.3 Å². The summed E-state index contributed by atoms with van der Waals surface area (Å²) in [5, 5.41) is 0. The van der Waals surface area contributed by atoms with Gasteiger partial charge in [0.1, 0.15) is 24.0 Å². The summed E-state index contributed by atoms with van der Waals surface area (Å²) in [4.78, 5) is 0. The molecule has 0 radical (unpaired) electrons. The maximum absolute atomic E-state index is 13.4. The zero-order chi connectivity index (χ0) is 13.8. The molecule has 0 bridgehead atoms. The highest BCUT2D eigenvalue weighted by Crippen LogP contribution is 2.19. The molecule has 0 fully saturated rings. The van der Waals surface area contributed by atoms with Crippen LogP contribution in [0.5, 0.6) is 5.75 Å². The van der Waals surface area contributed by atoms with Crippen molar-refractivity contribution in [2.45, 2.75) is 19.6 Å². The molecule has 0 aromatic heterocycles. The predicted molar refractivity (Wildman–Crippen MR) is 69.7 cm³/mol. The molecule has 2 N–H and O–H groups in total. The zero-order valence-corrected chi connectivity index (χ0v) is 10.6. The molecule has 0 aliphatic heterocycles. The monoisotopic (exact) mass is 263 g/mol. The van der Waals surface area contributed by atoms with Crippen molar-refractivity contribution in [3.8, 4) is 5.75 Å². The van der Waals surface area contributed by atoms with Gasteiger partial charge in [-0.25, -0.2) is 8.78 Å². The predicted octanol–water partition coefficient (Wildman–Crippen LogP) is 3.56. The molecule has 1 atom stereocenters. The second-order valence-corrected chi connectivity index (χ2v) is 4.39. The molecule has 2 nitrogen and oxygen atoms in total. The van der Waals surface area contributed by atoms with Crippen LogP contribution < -0.4 is 10.5 Å². The third kappa shape index (κ3) is 3.51. The lowest BCUT2D eigenvalue weighted by Crippen LogP contribution is -2.05. The van der Waals surface area contributed by atoms with E-state index in [1.807, 2.05) is 25.1 Å². The molecule has 0 aliphatic carbocycles. The second kappa shape index (κ2) is 5.80. The van der Waals surface area contributed by atoms with Gasteiger partial charge in [-0.1, -0.05) is 12.1 Å². The first-order chi connectivity index (χ1) is 9.06. The van der Waals surface area contributed by atoms with Gasteiger partial charge >= 0.3 is 0 Å². The van der Waals surface area contributed by atoms with Gasteiger partial charge in [0.05, 0.1) is 0 Å². The molecular weight excluding hydrogens is 248 g/mol. The van der Waals surface area contributed by atoms with Crippen LogP contribution in [0.4, 0.5) is 8.78 Å². The van der Waals surface area contributed by atoms with Crippen LogP contribution in [0.25, 0.3) is 0 Å². The first kappa shape index (κ1) is 13.5. The average molecular weight is 263 g/mol. The molecule has 0 amide bonds. The number of rotatable bonds is 4. The number of benzene rings is 2. The van der Waals surface area contributed by atoms with Crippen molar-refractivity contribution in [1.82, 2.24) is 0 Å². The van der Waals surface area contributed by atoms with Gasteiger partial charge in [-0.3, -0.25) is 0 Å². The number of hydrogen-bond donors (Lipinski definition) is 1. The lowest BCUT2D eigenvalue weighted by atomic mass is 10.1. The summed E-state index contributed by atoms with van der Waals surface area (Å²) >= 11 is 0. The van der Waals surface area contributed by atoms with E-state index in [1.54, 1.807) is 6.07 Å². The van der Waals surface area contributed by atoms with Crippen molar-refractivity contribution in [3.05, 3.63) is 65.2 Å². The van der Waals surface area contributed by atoms with Crippen molar-refractivity contribution in [2.24, 2.45) is 5.73 Å². The second-order valence-electron chi connectivity index (χ2n) is 4.39. The fourth-order valence-corrected chi connectivity index (χ4v) is 1.69. The molecule has 100 valence electrons. The highest BCUT2D eigenvalue weighted by Gasteiger charge is 2.06. The quantitative estimate of drug-likeness (QED) is 0.915. The molecular formula is C15H15F2NO. The SMILES string of the molecule is C[C@H](N)c1cccc(OCc2ccc(F)cc2F)c1. The minimum Gasteiger partial charge on any atom is -0.489 e. The van der Waals surface area contributed by atoms with Crippen molar-refractivity contribution in [2.75, 3.05) is 0 Å². The summed E-state index contributed by atoms with van der Waals surface area (Å²) in [5.41, 5.74) is 7.03. The summed E-state index contributed by atoms with van der Waals surface area (Å²) in [6.07, 6.45) is 0. The van der Waals surface area contributed by atoms with Gasteiger partial charge in [0.15, 0.2) is 0 Å². The largest absolute Gasteiger partial charge is 0.489 e. The van der Waals surface area contributed by atoms with Crippen LogP contribution in [0.1, 0.15) is 24.1 Å². The van der Waals surface area contributed by atoms with E-state index in [1.165, 1.54) is 12.1 Å². The fraction of sp³-hybridized carbons (Fsp3) is 0.200. The maximum Gasteiger partial charge on any atom is 0.132 e. The van der Waals surface area contributed by atoms with E-state index >= 15 is 0 Å². The molecule has 0 saturated carbocycles. The van der Waals surface area contributed by atoms with Crippen molar-refractivity contribution in [3.63, 3.8) is 0 Å².